The number of carbonyl (C=O) groups excluding carboxylic acids is 1. The fraction of sp³-hybridized carbons (Fsp3) is 0.364. The van der Waals surface area contributed by atoms with E-state index in [9.17, 15) is 19.5 Å². The predicted molar refractivity (Wildman–Crippen MR) is 61.0 cm³/mol. The van der Waals surface area contributed by atoms with Crippen LogP contribution >= 0.6 is 0 Å². The first-order chi connectivity index (χ1) is 7.77. The van der Waals surface area contributed by atoms with E-state index in [1.54, 1.807) is 13.8 Å². The Labute approximate surface area is 97.0 Å². The first kappa shape index (κ1) is 13.0. The molecule has 17 heavy (non-hydrogen) atoms. The van der Waals surface area contributed by atoms with Gasteiger partial charge in [0.15, 0.2) is 5.75 Å². The molecule has 1 aromatic carbocycles. The quantitative estimate of drug-likeness (QED) is 0.423. The van der Waals surface area contributed by atoms with Crippen LogP contribution in [0.25, 0.3) is 5.57 Å². The molecule has 0 spiro atoms. The normalized spacial score (nSPS) is 12.7. The molecule has 0 aliphatic rings. The van der Waals surface area contributed by atoms with Crippen molar-refractivity contribution in [1.82, 2.24) is 0 Å². The van der Waals surface area contributed by atoms with E-state index in [0.717, 1.165) is 0 Å². The van der Waals surface area contributed by atoms with Crippen LogP contribution in [0.4, 0.5) is 0 Å². The van der Waals surface area contributed by atoms with Crippen molar-refractivity contribution in [3.8, 4) is 5.75 Å². The second kappa shape index (κ2) is 4.40. The van der Waals surface area contributed by atoms with Crippen LogP contribution in [0.15, 0.2) is 15.3 Å². The largest absolute Gasteiger partial charge is 0.503 e. The molecule has 0 fully saturated rings. The van der Waals surface area contributed by atoms with Gasteiger partial charge in [-0.05, 0) is 20.8 Å². The van der Waals surface area contributed by atoms with Gasteiger partial charge in [-0.15, -0.1) is 0 Å². The summed E-state index contributed by atoms with van der Waals surface area (Å²) >= 11 is 0. The van der Waals surface area contributed by atoms with Crippen LogP contribution in [-0.2, 0) is 9.53 Å². The second-order valence-electron chi connectivity index (χ2n) is 3.89. The number of ether oxygens (including phenoxy) is 1. The van der Waals surface area contributed by atoms with Crippen LogP contribution in [0.2, 0.25) is 0 Å². The molecule has 0 aromatic heterocycles. The van der Waals surface area contributed by atoms with Crippen molar-refractivity contribution in [3.63, 3.8) is 0 Å². The molecule has 0 amide bonds. The minimum atomic E-state index is -1.02. The lowest BCUT2D eigenvalue weighted by atomic mass is 9.98. The Balaban J connectivity index is 3.24. The first-order valence-electron chi connectivity index (χ1n) is 4.97. The van der Waals surface area contributed by atoms with Crippen molar-refractivity contribution in [1.29, 1.82) is 0 Å². The molecular weight excluding hydrogens is 226 g/mol. The molecule has 3 N–H and O–H groups in total. The highest BCUT2D eigenvalue weighted by Gasteiger charge is 2.30. The Bertz CT molecular complexity index is 557. The molecule has 1 rings (SSSR count). The highest BCUT2D eigenvalue weighted by molar-refractivity contribution is 6.18. The average molecular weight is 239 g/mol. The standard InChI is InChI=1S/C11H13NO5/c1-4(2)17-11(16)6(5(3)12)7-8(13)10(15)9(7)14/h4,13H,12H2,1-3H3/b6-5+. The topological polar surface area (TPSA) is 107 Å². The summed E-state index contributed by atoms with van der Waals surface area (Å²) in [7, 11) is 0. The van der Waals surface area contributed by atoms with E-state index in [1.807, 2.05) is 0 Å². The number of hydrogen-bond donors (Lipinski definition) is 2. The van der Waals surface area contributed by atoms with E-state index >= 15 is 0 Å². The van der Waals surface area contributed by atoms with E-state index in [4.69, 9.17) is 10.5 Å². The van der Waals surface area contributed by atoms with Crippen molar-refractivity contribution in [2.75, 3.05) is 0 Å². The SMILES string of the molecule is C/C(N)=C(\C(=O)OC(C)C)c1c(O)c(=O)c1=O. The van der Waals surface area contributed by atoms with Gasteiger partial charge in [0.25, 0.3) is 5.43 Å². The second-order valence-corrected chi connectivity index (χ2v) is 3.89. The van der Waals surface area contributed by atoms with E-state index in [-0.39, 0.29) is 16.8 Å². The van der Waals surface area contributed by atoms with Gasteiger partial charge in [0.1, 0.15) is 0 Å². The van der Waals surface area contributed by atoms with Gasteiger partial charge < -0.3 is 15.6 Å². The third-order valence-corrected chi connectivity index (χ3v) is 2.08. The van der Waals surface area contributed by atoms with Crippen molar-refractivity contribution >= 4 is 11.5 Å². The van der Waals surface area contributed by atoms with Crippen LogP contribution in [0, 0.1) is 0 Å². The average Bonchev–Trinajstić information content (AvgIpc) is 2.22. The Morgan fingerprint density at radius 1 is 1.29 bits per heavy atom. The van der Waals surface area contributed by atoms with Gasteiger partial charge in [-0.25, -0.2) is 4.79 Å². The molecule has 0 heterocycles. The predicted octanol–water partition coefficient (Wildman–Crippen LogP) is -0.370. The maximum atomic E-state index is 11.7. The zero-order chi connectivity index (χ0) is 13.3. The van der Waals surface area contributed by atoms with Crippen LogP contribution < -0.4 is 16.6 Å². The minimum Gasteiger partial charge on any atom is -0.503 e. The summed E-state index contributed by atoms with van der Waals surface area (Å²) in [5, 5.41) is 9.26. The Morgan fingerprint density at radius 2 is 1.82 bits per heavy atom. The van der Waals surface area contributed by atoms with Crippen molar-refractivity contribution in [2.24, 2.45) is 5.73 Å². The van der Waals surface area contributed by atoms with E-state index in [0.29, 0.717) is 0 Å². The summed E-state index contributed by atoms with van der Waals surface area (Å²) in [5.74, 6) is -1.57. The maximum absolute atomic E-state index is 11.7. The molecule has 0 atom stereocenters. The Hall–Kier alpha value is -2.11. The highest BCUT2D eigenvalue weighted by atomic mass is 16.5. The van der Waals surface area contributed by atoms with Gasteiger partial charge in [0.2, 0.25) is 5.43 Å². The molecule has 1 aromatic rings. The van der Waals surface area contributed by atoms with Gasteiger partial charge in [-0.2, -0.15) is 0 Å². The molecule has 0 radical (unpaired) electrons. The van der Waals surface area contributed by atoms with Crippen molar-refractivity contribution < 1.29 is 14.6 Å². The van der Waals surface area contributed by atoms with Crippen LogP contribution in [0.1, 0.15) is 26.3 Å². The molecule has 6 heteroatoms. The summed E-state index contributed by atoms with van der Waals surface area (Å²) in [4.78, 5) is 33.8. The van der Waals surface area contributed by atoms with Crippen molar-refractivity contribution in [2.45, 2.75) is 26.9 Å². The smallest absolute Gasteiger partial charge is 0.341 e. The molecule has 0 aliphatic carbocycles. The van der Waals surface area contributed by atoms with Gasteiger partial charge in [-0.3, -0.25) is 9.59 Å². The van der Waals surface area contributed by atoms with Crippen LogP contribution in [0.5, 0.6) is 5.75 Å². The van der Waals surface area contributed by atoms with Crippen LogP contribution in [-0.4, -0.2) is 17.2 Å². The van der Waals surface area contributed by atoms with Gasteiger partial charge in [0, 0.05) is 5.70 Å². The molecule has 0 aliphatic heterocycles. The summed E-state index contributed by atoms with van der Waals surface area (Å²) in [5.41, 5.74) is 2.92. The molecule has 92 valence electrons. The summed E-state index contributed by atoms with van der Waals surface area (Å²) < 4.78 is 4.88. The third kappa shape index (κ3) is 2.20. The van der Waals surface area contributed by atoms with Gasteiger partial charge in [-0.1, -0.05) is 0 Å². The number of rotatable bonds is 3. The lowest BCUT2D eigenvalue weighted by Gasteiger charge is -2.13. The monoisotopic (exact) mass is 239 g/mol. The number of allylic oxidation sites excluding steroid dienone is 1. The third-order valence-electron chi connectivity index (χ3n) is 2.08. The molecule has 0 bridgehead atoms. The number of hydrogen-bond acceptors (Lipinski definition) is 6. The molecule has 0 unspecified atom stereocenters. The van der Waals surface area contributed by atoms with Crippen LogP contribution in [0.3, 0.4) is 0 Å². The fourth-order valence-corrected chi connectivity index (χ4v) is 1.34. The zero-order valence-electron chi connectivity index (χ0n) is 9.73. The number of nitrogens with two attached hydrogens (primary N) is 1. The van der Waals surface area contributed by atoms with Gasteiger partial charge in [0.05, 0.1) is 17.2 Å². The van der Waals surface area contributed by atoms with E-state index in [1.165, 1.54) is 6.92 Å². The first-order valence-corrected chi connectivity index (χ1v) is 4.97. The summed E-state index contributed by atoms with van der Waals surface area (Å²) in [6.07, 6.45) is -0.398. The Morgan fingerprint density at radius 3 is 2.18 bits per heavy atom. The highest BCUT2D eigenvalue weighted by Crippen LogP contribution is 2.23. The number of carbonyl (C=O) groups is 1. The minimum absolute atomic E-state index is 0.0121. The lowest BCUT2D eigenvalue weighted by Crippen LogP contribution is -2.36. The zero-order valence-corrected chi connectivity index (χ0v) is 9.73. The maximum Gasteiger partial charge on any atom is 0.341 e. The van der Waals surface area contributed by atoms with E-state index in [2.05, 4.69) is 0 Å². The number of aromatic hydroxyl groups is 1. The van der Waals surface area contributed by atoms with Gasteiger partial charge >= 0.3 is 5.97 Å². The molecule has 0 saturated carbocycles. The van der Waals surface area contributed by atoms with E-state index < -0.39 is 28.7 Å². The summed E-state index contributed by atoms with van der Waals surface area (Å²) in [6, 6.07) is 0. The number of esters is 1. The molecule has 6 nitrogen and oxygen atoms in total. The Kier molecular flexibility index (Phi) is 3.36. The lowest BCUT2D eigenvalue weighted by molar-refractivity contribution is -0.140. The summed E-state index contributed by atoms with van der Waals surface area (Å²) in [6.45, 7) is 4.64. The fourth-order valence-electron chi connectivity index (χ4n) is 1.34. The van der Waals surface area contributed by atoms with Crippen molar-refractivity contribution in [3.05, 3.63) is 31.7 Å². The molecular formula is C11H13NO5. The molecule has 0 saturated heterocycles.